The van der Waals surface area contributed by atoms with Gasteiger partial charge in [-0.15, -0.1) is 0 Å². The van der Waals surface area contributed by atoms with Crippen molar-refractivity contribution in [1.29, 1.82) is 0 Å². The molecule has 2 aromatic heterocycles. The molecule has 4 rings (SSSR count). The van der Waals surface area contributed by atoms with Crippen LogP contribution >= 0.6 is 34.2 Å². The highest BCUT2D eigenvalue weighted by molar-refractivity contribution is 14.1. The van der Waals surface area contributed by atoms with Gasteiger partial charge in [-0.1, -0.05) is 17.7 Å². The van der Waals surface area contributed by atoms with Crippen LogP contribution < -0.4 is 5.32 Å². The first-order valence-corrected chi connectivity index (χ1v) is 9.14. The first-order chi connectivity index (χ1) is 12.6. The van der Waals surface area contributed by atoms with Gasteiger partial charge in [0.05, 0.1) is 10.6 Å². The molecule has 1 N–H and O–H groups in total. The smallest absolute Gasteiger partial charge is 0.257 e. The summed E-state index contributed by atoms with van der Waals surface area (Å²) in [4.78, 5) is 21.1. The number of nitrogens with zero attached hydrogens (tertiary/aromatic N) is 2. The Morgan fingerprint density at radius 3 is 2.85 bits per heavy atom. The van der Waals surface area contributed by atoms with E-state index in [1.807, 2.05) is 24.3 Å². The minimum Gasteiger partial charge on any atom is -0.434 e. The van der Waals surface area contributed by atoms with Gasteiger partial charge in [-0.25, -0.2) is 4.98 Å². The lowest BCUT2D eigenvalue weighted by Crippen LogP contribution is -2.12. The number of hydrogen-bond acceptors (Lipinski definition) is 4. The third-order valence-electron chi connectivity index (χ3n) is 3.71. The summed E-state index contributed by atoms with van der Waals surface area (Å²) in [5.41, 5.74) is 2.95. The number of benzene rings is 2. The van der Waals surface area contributed by atoms with E-state index in [0.717, 1.165) is 9.13 Å². The number of carbonyl (C=O) groups excluding carboxylic acids is 1. The Labute approximate surface area is 167 Å². The summed E-state index contributed by atoms with van der Waals surface area (Å²) in [7, 11) is 0. The van der Waals surface area contributed by atoms with E-state index < -0.39 is 0 Å². The molecule has 26 heavy (non-hydrogen) atoms. The molecule has 0 saturated heterocycles. The summed E-state index contributed by atoms with van der Waals surface area (Å²) in [6.07, 6.45) is 1.66. The molecule has 0 atom stereocenters. The normalized spacial score (nSPS) is 10.8. The predicted molar refractivity (Wildman–Crippen MR) is 109 cm³/mol. The van der Waals surface area contributed by atoms with E-state index in [-0.39, 0.29) is 5.91 Å². The number of aromatic nitrogens is 2. The number of nitrogens with one attached hydrogen (secondary N) is 1. The molecular formula is C19H11ClIN3O2. The monoisotopic (exact) mass is 475 g/mol. The van der Waals surface area contributed by atoms with Crippen molar-refractivity contribution >= 4 is 57.0 Å². The number of oxazole rings is 1. The van der Waals surface area contributed by atoms with Crippen LogP contribution in [0, 0.1) is 3.57 Å². The molecular weight excluding hydrogens is 465 g/mol. The largest absolute Gasteiger partial charge is 0.434 e. The minimum absolute atomic E-state index is 0.273. The van der Waals surface area contributed by atoms with Gasteiger partial charge in [-0.05, 0) is 71.1 Å². The van der Waals surface area contributed by atoms with E-state index in [9.17, 15) is 4.79 Å². The molecule has 2 aromatic carbocycles. The Balaban J connectivity index is 1.63. The fourth-order valence-corrected chi connectivity index (χ4v) is 3.19. The molecule has 0 radical (unpaired) electrons. The lowest BCUT2D eigenvalue weighted by atomic mass is 10.1. The number of amides is 1. The number of fused-ring (bicyclic) bond motifs is 1. The van der Waals surface area contributed by atoms with E-state index in [1.165, 1.54) is 0 Å². The van der Waals surface area contributed by atoms with Crippen molar-refractivity contribution in [3.63, 3.8) is 0 Å². The van der Waals surface area contributed by atoms with E-state index in [2.05, 4.69) is 37.9 Å². The van der Waals surface area contributed by atoms with Crippen molar-refractivity contribution in [1.82, 2.24) is 9.97 Å². The number of rotatable bonds is 3. The van der Waals surface area contributed by atoms with Crippen LogP contribution in [0.4, 0.5) is 5.69 Å². The van der Waals surface area contributed by atoms with Crippen molar-refractivity contribution in [3.8, 4) is 11.5 Å². The fourth-order valence-electron chi connectivity index (χ4n) is 2.49. The van der Waals surface area contributed by atoms with Gasteiger partial charge in [0, 0.05) is 21.0 Å². The van der Waals surface area contributed by atoms with Gasteiger partial charge >= 0.3 is 0 Å². The van der Waals surface area contributed by atoms with Crippen LogP contribution in [0.2, 0.25) is 5.02 Å². The predicted octanol–water partition coefficient (Wildman–Crippen LogP) is 5.40. The summed E-state index contributed by atoms with van der Waals surface area (Å²) in [6.45, 7) is 0. The van der Waals surface area contributed by atoms with Crippen LogP contribution in [-0.4, -0.2) is 15.9 Å². The van der Waals surface area contributed by atoms with Gasteiger partial charge in [0.1, 0.15) is 0 Å². The van der Waals surface area contributed by atoms with Gasteiger partial charge < -0.3 is 9.73 Å². The average Bonchev–Trinajstić information content (AvgIpc) is 3.08. The number of anilines is 1. The highest BCUT2D eigenvalue weighted by Gasteiger charge is 2.13. The zero-order chi connectivity index (χ0) is 18.1. The van der Waals surface area contributed by atoms with Crippen molar-refractivity contribution in [2.24, 2.45) is 0 Å². The number of pyridine rings is 1. The lowest BCUT2D eigenvalue weighted by molar-refractivity contribution is 0.102. The minimum atomic E-state index is -0.273. The highest BCUT2D eigenvalue weighted by Crippen LogP contribution is 2.26. The van der Waals surface area contributed by atoms with E-state index in [4.69, 9.17) is 16.0 Å². The summed E-state index contributed by atoms with van der Waals surface area (Å²) >= 11 is 8.27. The molecule has 1 amide bonds. The second kappa shape index (κ2) is 7.05. The van der Waals surface area contributed by atoms with Crippen LogP contribution in [-0.2, 0) is 0 Å². The summed E-state index contributed by atoms with van der Waals surface area (Å²) in [6, 6.07) is 16.2. The van der Waals surface area contributed by atoms with Crippen LogP contribution in [0.3, 0.4) is 0 Å². The van der Waals surface area contributed by atoms with Gasteiger partial charge in [0.2, 0.25) is 5.89 Å². The van der Waals surface area contributed by atoms with Gasteiger partial charge in [0.15, 0.2) is 11.2 Å². The summed E-state index contributed by atoms with van der Waals surface area (Å²) < 4.78 is 6.66. The maximum Gasteiger partial charge on any atom is 0.257 e. The lowest BCUT2D eigenvalue weighted by Gasteiger charge is -2.08. The molecule has 0 bridgehead atoms. The highest BCUT2D eigenvalue weighted by atomic mass is 127. The number of carbonyl (C=O) groups is 1. The Kier molecular flexibility index (Phi) is 4.60. The summed E-state index contributed by atoms with van der Waals surface area (Å²) in [5.74, 6) is 0.173. The molecule has 0 unspecified atom stereocenters. The third kappa shape index (κ3) is 3.42. The molecule has 0 aliphatic carbocycles. The van der Waals surface area contributed by atoms with Gasteiger partial charge in [0.25, 0.3) is 5.91 Å². The van der Waals surface area contributed by atoms with Crippen LogP contribution in [0.1, 0.15) is 10.4 Å². The van der Waals surface area contributed by atoms with Crippen LogP contribution in [0.5, 0.6) is 0 Å². The standard InChI is InChI=1S/C19H11ClIN3O2/c20-15-7-6-12(21)10-14(15)18(25)23-13-4-1-3-11(9-13)19-24-17-16(26-19)5-2-8-22-17/h1-10H,(H,23,25). The molecule has 0 fully saturated rings. The second-order valence-electron chi connectivity index (χ2n) is 5.50. The molecule has 5 nitrogen and oxygen atoms in total. The molecule has 7 heteroatoms. The second-order valence-corrected chi connectivity index (χ2v) is 7.16. The zero-order valence-corrected chi connectivity index (χ0v) is 16.2. The van der Waals surface area contributed by atoms with Crippen molar-refractivity contribution in [3.05, 3.63) is 75.0 Å². The van der Waals surface area contributed by atoms with E-state index in [1.54, 1.807) is 36.5 Å². The summed E-state index contributed by atoms with van der Waals surface area (Å²) in [5, 5.41) is 3.26. The zero-order valence-electron chi connectivity index (χ0n) is 13.2. The molecule has 0 aliphatic rings. The van der Waals surface area contributed by atoms with Gasteiger partial charge in [-0.3, -0.25) is 4.79 Å². The number of hydrogen-bond donors (Lipinski definition) is 1. The Hall–Kier alpha value is -2.45. The first kappa shape index (κ1) is 17.0. The number of halogens is 2. The van der Waals surface area contributed by atoms with Crippen molar-refractivity contribution < 1.29 is 9.21 Å². The topological polar surface area (TPSA) is 68.0 Å². The maximum absolute atomic E-state index is 12.5. The van der Waals surface area contributed by atoms with Crippen LogP contribution in [0.15, 0.2) is 65.2 Å². The average molecular weight is 476 g/mol. The quantitative estimate of drug-likeness (QED) is 0.403. The first-order valence-electron chi connectivity index (χ1n) is 7.68. The molecule has 0 saturated carbocycles. The van der Waals surface area contributed by atoms with Crippen molar-refractivity contribution in [2.75, 3.05) is 5.32 Å². The Morgan fingerprint density at radius 2 is 2.00 bits per heavy atom. The van der Waals surface area contributed by atoms with Crippen molar-refractivity contribution in [2.45, 2.75) is 0 Å². The maximum atomic E-state index is 12.5. The fraction of sp³-hybridized carbons (Fsp3) is 0. The molecule has 0 aliphatic heterocycles. The molecule has 128 valence electrons. The Bertz CT molecular complexity index is 1090. The third-order valence-corrected chi connectivity index (χ3v) is 4.71. The molecule has 0 spiro atoms. The van der Waals surface area contributed by atoms with E-state index >= 15 is 0 Å². The SMILES string of the molecule is O=C(Nc1cccc(-c2nc3ncccc3o2)c1)c1cc(I)ccc1Cl. The van der Waals surface area contributed by atoms with Gasteiger partial charge in [-0.2, -0.15) is 4.98 Å². The molecule has 4 aromatic rings. The molecule has 2 heterocycles. The Morgan fingerprint density at radius 1 is 1.12 bits per heavy atom. The van der Waals surface area contributed by atoms with Crippen LogP contribution in [0.25, 0.3) is 22.7 Å². The van der Waals surface area contributed by atoms with E-state index in [0.29, 0.717) is 33.4 Å².